The average Bonchev–Trinajstić information content (AvgIpc) is 2.74. The van der Waals surface area contributed by atoms with Gasteiger partial charge in [-0.15, -0.1) is 0 Å². The Bertz CT molecular complexity index is 272. The van der Waals surface area contributed by atoms with Crippen molar-refractivity contribution in [3.63, 3.8) is 0 Å². The van der Waals surface area contributed by atoms with E-state index < -0.39 is 0 Å². The molecule has 0 atom stereocenters. The van der Waals surface area contributed by atoms with Gasteiger partial charge >= 0.3 is 0 Å². The van der Waals surface area contributed by atoms with Crippen LogP contribution in [0.3, 0.4) is 0 Å². The second-order valence-corrected chi connectivity index (χ2v) is 3.13. The van der Waals surface area contributed by atoms with Crippen LogP contribution in [0.1, 0.15) is 5.76 Å². The van der Waals surface area contributed by atoms with Gasteiger partial charge in [0.15, 0.2) is 6.54 Å². The van der Waals surface area contributed by atoms with Crippen LogP contribution in [0.2, 0.25) is 0 Å². The van der Waals surface area contributed by atoms with Crippen LogP contribution in [0, 0.1) is 0 Å². The van der Waals surface area contributed by atoms with Crippen LogP contribution >= 0.6 is 0 Å². The van der Waals surface area contributed by atoms with E-state index >= 15 is 0 Å². The van der Waals surface area contributed by atoms with E-state index in [2.05, 4.69) is 5.32 Å². The Morgan fingerprint density at radius 2 is 2.53 bits per heavy atom. The highest BCUT2D eigenvalue weighted by molar-refractivity contribution is 5.76. The Morgan fingerprint density at radius 1 is 1.67 bits per heavy atom. The topological polar surface area (TPSA) is 68.1 Å². The van der Waals surface area contributed by atoms with Crippen LogP contribution in [-0.4, -0.2) is 32.7 Å². The van der Waals surface area contributed by atoms with Gasteiger partial charge in [-0.1, -0.05) is 0 Å². The number of quaternary nitrogens is 1. The van der Waals surface area contributed by atoms with Gasteiger partial charge in [-0.05, 0) is 12.1 Å². The minimum atomic E-state index is 0.00232. The molecule has 0 saturated heterocycles. The van der Waals surface area contributed by atoms with Crippen molar-refractivity contribution in [3.8, 4) is 0 Å². The lowest BCUT2D eigenvalue weighted by Crippen LogP contribution is -2.87. The lowest BCUT2D eigenvalue weighted by Gasteiger charge is -2.02. The number of hydrogen-bond acceptors (Lipinski definition) is 3. The molecule has 5 heteroatoms. The van der Waals surface area contributed by atoms with Gasteiger partial charge in [0.2, 0.25) is 0 Å². The van der Waals surface area contributed by atoms with Crippen molar-refractivity contribution in [1.29, 1.82) is 0 Å². The van der Waals surface area contributed by atoms with Crippen molar-refractivity contribution in [2.75, 3.05) is 26.8 Å². The van der Waals surface area contributed by atoms with Crippen molar-refractivity contribution in [2.24, 2.45) is 0 Å². The van der Waals surface area contributed by atoms with Crippen molar-refractivity contribution in [2.45, 2.75) is 6.54 Å². The van der Waals surface area contributed by atoms with E-state index in [0.29, 0.717) is 19.7 Å². The van der Waals surface area contributed by atoms with Gasteiger partial charge in [0.05, 0.1) is 26.0 Å². The Balaban J connectivity index is 2.04. The third-order valence-corrected chi connectivity index (χ3v) is 1.90. The SMILES string of the molecule is COCC[NH2+]CC(=O)NCc1ccco1. The summed E-state index contributed by atoms with van der Waals surface area (Å²) in [5.41, 5.74) is 0. The van der Waals surface area contributed by atoms with E-state index in [9.17, 15) is 4.79 Å². The standard InChI is InChI=1S/C10H16N2O3/c1-14-6-4-11-8-10(13)12-7-9-3-2-5-15-9/h2-3,5,11H,4,6-8H2,1H3,(H,12,13)/p+1. The summed E-state index contributed by atoms with van der Waals surface area (Å²) in [7, 11) is 1.64. The predicted octanol–water partition coefficient (Wildman–Crippen LogP) is -0.894. The number of carbonyl (C=O) groups is 1. The zero-order valence-electron chi connectivity index (χ0n) is 8.86. The van der Waals surface area contributed by atoms with Gasteiger partial charge in [0.25, 0.3) is 5.91 Å². The lowest BCUT2D eigenvalue weighted by atomic mass is 10.4. The summed E-state index contributed by atoms with van der Waals surface area (Å²) in [6, 6.07) is 3.63. The Kier molecular flexibility index (Phi) is 5.50. The van der Waals surface area contributed by atoms with Crippen molar-refractivity contribution < 1.29 is 19.3 Å². The van der Waals surface area contributed by atoms with E-state index in [1.807, 2.05) is 11.4 Å². The fourth-order valence-electron chi connectivity index (χ4n) is 1.11. The molecule has 1 amide bonds. The fraction of sp³-hybridized carbons (Fsp3) is 0.500. The molecular weight excluding hydrogens is 196 g/mol. The van der Waals surface area contributed by atoms with Gasteiger partial charge < -0.3 is 19.8 Å². The van der Waals surface area contributed by atoms with Crippen LogP contribution in [-0.2, 0) is 16.1 Å². The molecule has 0 aliphatic carbocycles. The molecule has 1 rings (SSSR count). The van der Waals surface area contributed by atoms with Crippen molar-refractivity contribution >= 4 is 5.91 Å². The normalized spacial score (nSPS) is 10.2. The lowest BCUT2D eigenvalue weighted by molar-refractivity contribution is -0.645. The van der Waals surface area contributed by atoms with E-state index in [1.54, 1.807) is 19.4 Å². The van der Waals surface area contributed by atoms with Gasteiger partial charge in [-0.25, -0.2) is 0 Å². The van der Waals surface area contributed by atoms with E-state index in [4.69, 9.17) is 9.15 Å². The Hall–Kier alpha value is -1.33. The average molecular weight is 213 g/mol. The first-order chi connectivity index (χ1) is 7.33. The third kappa shape index (κ3) is 5.19. The highest BCUT2D eigenvalue weighted by Crippen LogP contribution is 1.97. The molecule has 1 heterocycles. The number of ether oxygens (including phenoxy) is 1. The number of hydrogen-bond donors (Lipinski definition) is 2. The molecule has 1 aromatic rings. The number of nitrogens with two attached hydrogens (primary N) is 1. The number of methoxy groups -OCH3 is 1. The van der Waals surface area contributed by atoms with Crippen LogP contribution < -0.4 is 10.6 Å². The summed E-state index contributed by atoms with van der Waals surface area (Å²) in [5, 5.41) is 4.66. The number of amides is 1. The molecule has 0 radical (unpaired) electrons. The molecule has 0 aliphatic heterocycles. The minimum absolute atomic E-state index is 0.00232. The second kappa shape index (κ2) is 7.03. The maximum atomic E-state index is 11.3. The molecule has 15 heavy (non-hydrogen) atoms. The fourth-order valence-corrected chi connectivity index (χ4v) is 1.11. The maximum Gasteiger partial charge on any atom is 0.275 e. The zero-order chi connectivity index (χ0) is 10.9. The smallest absolute Gasteiger partial charge is 0.275 e. The van der Waals surface area contributed by atoms with Crippen LogP contribution in [0.5, 0.6) is 0 Å². The second-order valence-electron chi connectivity index (χ2n) is 3.13. The first-order valence-electron chi connectivity index (χ1n) is 4.92. The van der Waals surface area contributed by atoms with Gasteiger partial charge in [-0.2, -0.15) is 0 Å². The van der Waals surface area contributed by atoms with E-state index in [0.717, 1.165) is 12.3 Å². The molecule has 0 spiro atoms. The zero-order valence-corrected chi connectivity index (χ0v) is 8.86. The van der Waals surface area contributed by atoms with Crippen molar-refractivity contribution in [3.05, 3.63) is 24.2 Å². The Morgan fingerprint density at radius 3 is 3.20 bits per heavy atom. The maximum absolute atomic E-state index is 11.3. The summed E-state index contributed by atoms with van der Waals surface area (Å²) in [4.78, 5) is 11.3. The molecule has 0 bridgehead atoms. The van der Waals surface area contributed by atoms with Crippen LogP contribution in [0.25, 0.3) is 0 Å². The first kappa shape index (κ1) is 11.7. The third-order valence-electron chi connectivity index (χ3n) is 1.90. The Labute approximate surface area is 88.8 Å². The van der Waals surface area contributed by atoms with Crippen molar-refractivity contribution in [1.82, 2.24) is 5.32 Å². The van der Waals surface area contributed by atoms with E-state index in [1.165, 1.54) is 0 Å². The quantitative estimate of drug-likeness (QED) is 0.577. The van der Waals surface area contributed by atoms with E-state index in [-0.39, 0.29) is 5.91 Å². The molecule has 5 nitrogen and oxygen atoms in total. The monoisotopic (exact) mass is 213 g/mol. The number of carbonyl (C=O) groups excluding carboxylic acids is 1. The molecule has 0 saturated carbocycles. The number of rotatable bonds is 7. The van der Waals surface area contributed by atoms with Gasteiger partial charge in [-0.3, -0.25) is 4.79 Å². The van der Waals surface area contributed by atoms with Gasteiger partial charge in [0, 0.05) is 7.11 Å². The molecule has 0 aromatic carbocycles. The summed E-state index contributed by atoms with van der Waals surface area (Å²) in [5.74, 6) is 0.766. The van der Waals surface area contributed by atoms with Crippen LogP contribution in [0.4, 0.5) is 0 Å². The summed E-state index contributed by atoms with van der Waals surface area (Å²) < 4.78 is 9.95. The summed E-state index contributed by atoms with van der Waals surface area (Å²) >= 11 is 0. The molecule has 0 fully saturated rings. The van der Waals surface area contributed by atoms with Gasteiger partial charge in [0.1, 0.15) is 5.76 Å². The molecule has 3 N–H and O–H groups in total. The summed E-state index contributed by atoms with van der Waals surface area (Å²) in [6.07, 6.45) is 1.59. The molecule has 0 unspecified atom stereocenters. The number of furan rings is 1. The number of nitrogens with one attached hydrogen (secondary N) is 1. The highest BCUT2D eigenvalue weighted by Gasteiger charge is 2.03. The molecule has 0 aliphatic rings. The minimum Gasteiger partial charge on any atom is -0.467 e. The molecule has 1 aromatic heterocycles. The predicted molar refractivity (Wildman–Crippen MR) is 54.1 cm³/mol. The first-order valence-corrected chi connectivity index (χ1v) is 4.92. The molecule has 84 valence electrons. The largest absolute Gasteiger partial charge is 0.467 e. The molecular formula is C10H17N2O3+. The highest BCUT2D eigenvalue weighted by atomic mass is 16.5. The van der Waals surface area contributed by atoms with Crippen LogP contribution in [0.15, 0.2) is 22.8 Å². The summed E-state index contributed by atoms with van der Waals surface area (Å²) in [6.45, 7) is 2.32.